The van der Waals surface area contributed by atoms with Gasteiger partial charge in [-0.05, 0) is 49.3 Å². The van der Waals surface area contributed by atoms with E-state index in [4.69, 9.17) is 4.74 Å². The van der Waals surface area contributed by atoms with Crippen molar-refractivity contribution in [3.8, 4) is 0 Å². The average Bonchev–Trinajstić information content (AvgIpc) is 3.21. The van der Waals surface area contributed by atoms with Gasteiger partial charge in [0, 0.05) is 22.8 Å². The van der Waals surface area contributed by atoms with Crippen molar-refractivity contribution in [1.82, 2.24) is 4.98 Å². The average molecular weight is 449 g/mol. The summed E-state index contributed by atoms with van der Waals surface area (Å²) in [4.78, 5) is 30.6. The number of fused-ring (bicyclic) bond motifs is 1. The predicted molar refractivity (Wildman–Crippen MR) is 108 cm³/mol. The van der Waals surface area contributed by atoms with E-state index in [2.05, 4.69) is 27.0 Å². The first-order valence-corrected chi connectivity index (χ1v) is 11.0. The Morgan fingerprint density at radius 2 is 2.19 bits per heavy atom. The van der Waals surface area contributed by atoms with Gasteiger partial charge in [0.2, 0.25) is 5.91 Å². The second-order valence-electron chi connectivity index (χ2n) is 6.98. The molecule has 142 valence electrons. The van der Waals surface area contributed by atoms with Gasteiger partial charge in [0.25, 0.3) is 0 Å². The summed E-state index contributed by atoms with van der Waals surface area (Å²) in [7, 11) is 0. The molecule has 1 atom stereocenters. The lowest BCUT2D eigenvalue weighted by Crippen LogP contribution is -2.23. The summed E-state index contributed by atoms with van der Waals surface area (Å²) in [5, 5.41) is 2.53. The molecule has 1 unspecified atom stereocenters. The Morgan fingerprint density at radius 1 is 1.30 bits per heavy atom. The van der Waals surface area contributed by atoms with Crippen molar-refractivity contribution in [3.05, 3.63) is 44.9 Å². The quantitative estimate of drug-likeness (QED) is 0.506. The maximum Gasteiger partial charge on any atom is 0.312 e. The molecule has 2 aliphatic rings. The summed E-state index contributed by atoms with van der Waals surface area (Å²) in [6.45, 7) is 0.712. The van der Waals surface area contributed by atoms with E-state index >= 15 is 0 Å². The van der Waals surface area contributed by atoms with Crippen LogP contribution in [0.1, 0.15) is 55.0 Å². The van der Waals surface area contributed by atoms with E-state index in [1.807, 2.05) is 17.5 Å². The van der Waals surface area contributed by atoms with Crippen molar-refractivity contribution in [3.63, 3.8) is 0 Å². The Labute approximate surface area is 170 Å². The largest absolute Gasteiger partial charge is 0.457 e. The molecule has 0 bridgehead atoms. The highest BCUT2D eigenvalue weighted by molar-refractivity contribution is 9.10. The lowest BCUT2D eigenvalue weighted by Gasteiger charge is -2.19. The highest BCUT2D eigenvalue weighted by Crippen LogP contribution is 2.35. The minimum atomic E-state index is -0.266. The number of halogens is 1. The molecule has 2 heterocycles. The lowest BCUT2D eigenvalue weighted by atomic mass is 10.0. The Kier molecular flexibility index (Phi) is 5.59. The van der Waals surface area contributed by atoms with Gasteiger partial charge in [-0.2, -0.15) is 0 Å². The monoisotopic (exact) mass is 448 g/mol. The number of rotatable bonds is 4. The number of ether oxygens (including phenoxy) is 1. The molecule has 1 saturated heterocycles. The first kappa shape index (κ1) is 18.6. The molecule has 1 aliphatic carbocycles. The second-order valence-corrected chi connectivity index (χ2v) is 8.67. The van der Waals surface area contributed by atoms with E-state index in [0.717, 1.165) is 42.1 Å². The van der Waals surface area contributed by atoms with Gasteiger partial charge in [-0.15, -0.1) is 11.3 Å². The number of amides is 1. The van der Waals surface area contributed by atoms with E-state index in [0.29, 0.717) is 23.8 Å². The molecule has 0 N–H and O–H groups in total. The van der Waals surface area contributed by atoms with Gasteiger partial charge < -0.3 is 4.74 Å². The minimum Gasteiger partial charge on any atom is -0.457 e. The van der Waals surface area contributed by atoms with Gasteiger partial charge in [0.05, 0.1) is 12.1 Å². The molecule has 1 fully saturated rings. The summed E-state index contributed by atoms with van der Waals surface area (Å²) >= 11 is 5.04. The fourth-order valence-corrected chi connectivity index (χ4v) is 5.20. The molecule has 0 radical (unpaired) electrons. The van der Waals surface area contributed by atoms with Crippen LogP contribution in [0, 0.1) is 0 Å². The Balaban J connectivity index is 1.44. The minimum absolute atomic E-state index is 0.110. The van der Waals surface area contributed by atoms with Gasteiger partial charge in [-0.25, -0.2) is 4.98 Å². The summed E-state index contributed by atoms with van der Waals surface area (Å²) in [6.07, 6.45) is 5.37. The highest BCUT2D eigenvalue weighted by Gasteiger charge is 2.26. The van der Waals surface area contributed by atoms with Crippen molar-refractivity contribution >= 4 is 44.3 Å². The predicted octanol–water partition coefficient (Wildman–Crippen LogP) is 4.59. The number of hydrogen-bond acceptors (Lipinski definition) is 5. The van der Waals surface area contributed by atoms with E-state index in [1.165, 1.54) is 16.9 Å². The molecule has 4 rings (SSSR count). The third kappa shape index (κ3) is 4.09. The number of carbonyl (C=O) groups is 2. The van der Waals surface area contributed by atoms with Crippen LogP contribution in [-0.4, -0.2) is 23.4 Å². The SMILES string of the molecule is O=C(Cc1csc(N2CCCC2=O)n1)OC1CCCCc2c(Br)cccc21. The number of hydrogen-bond donors (Lipinski definition) is 0. The maximum absolute atomic E-state index is 12.5. The fraction of sp³-hybridized carbons (Fsp3) is 0.450. The zero-order valence-corrected chi connectivity index (χ0v) is 17.4. The van der Waals surface area contributed by atoms with Crippen molar-refractivity contribution in [2.24, 2.45) is 0 Å². The number of benzene rings is 1. The van der Waals surface area contributed by atoms with Crippen LogP contribution in [0.5, 0.6) is 0 Å². The first-order valence-electron chi connectivity index (χ1n) is 9.33. The zero-order chi connectivity index (χ0) is 18.8. The van der Waals surface area contributed by atoms with E-state index in [1.54, 1.807) is 4.90 Å². The summed E-state index contributed by atoms with van der Waals surface area (Å²) in [6, 6.07) is 6.09. The van der Waals surface area contributed by atoms with Crippen molar-refractivity contribution in [1.29, 1.82) is 0 Å². The number of carbonyl (C=O) groups excluding carboxylic acids is 2. The second kappa shape index (κ2) is 8.10. The third-order valence-corrected chi connectivity index (χ3v) is 6.74. The molecule has 0 spiro atoms. The van der Waals surface area contributed by atoms with Gasteiger partial charge in [-0.3, -0.25) is 14.5 Å². The van der Waals surface area contributed by atoms with Crippen LogP contribution in [0.3, 0.4) is 0 Å². The topological polar surface area (TPSA) is 59.5 Å². The number of anilines is 1. The summed E-state index contributed by atoms with van der Waals surface area (Å²) in [5.74, 6) is -0.156. The van der Waals surface area contributed by atoms with Crippen LogP contribution in [-0.2, 0) is 27.2 Å². The standard InChI is InChI=1S/C20H21BrN2O3S/c21-16-7-3-6-15-14(16)5-1-2-8-17(15)26-19(25)11-13-12-27-20(22-13)23-10-4-9-18(23)24/h3,6-7,12,17H,1-2,4-5,8-11H2. The number of aromatic nitrogens is 1. The fourth-order valence-electron chi connectivity index (χ4n) is 3.75. The molecule has 7 heteroatoms. The molecular weight excluding hydrogens is 428 g/mol. The van der Waals surface area contributed by atoms with Gasteiger partial charge >= 0.3 is 5.97 Å². The van der Waals surface area contributed by atoms with Gasteiger partial charge in [0.15, 0.2) is 5.13 Å². The molecule has 1 aliphatic heterocycles. The summed E-state index contributed by atoms with van der Waals surface area (Å²) < 4.78 is 6.92. The highest BCUT2D eigenvalue weighted by atomic mass is 79.9. The van der Waals surface area contributed by atoms with Crippen LogP contribution in [0.15, 0.2) is 28.1 Å². The summed E-state index contributed by atoms with van der Waals surface area (Å²) in [5.41, 5.74) is 3.02. The van der Waals surface area contributed by atoms with E-state index in [9.17, 15) is 9.59 Å². The van der Waals surface area contributed by atoms with Crippen LogP contribution < -0.4 is 4.90 Å². The molecule has 5 nitrogen and oxygen atoms in total. The molecule has 1 aromatic heterocycles. The van der Waals surface area contributed by atoms with Crippen LogP contribution in [0.2, 0.25) is 0 Å². The van der Waals surface area contributed by atoms with Crippen molar-refractivity contribution < 1.29 is 14.3 Å². The van der Waals surface area contributed by atoms with Gasteiger partial charge in [0.1, 0.15) is 6.10 Å². The molecular formula is C20H21BrN2O3S. The number of nitrogens with zero attached hydrogens (tertiary/aromatic N) is 2. The van der Waals surface area contributed by atoms with E-state index < -0.39 is 0 Å². The van der Waals surface area contributed by atoms with Crippen LogP contribution in [0.4, 0.5) is 5.13 Å². The Morgan fingerprint density at radius 3 is 3.00 bits per heavy atom. The van der Waals surface area contributed by atoms with Gasteiger partial charge in [-0.1, -0.05) is 28.1 Å². The smallest absolute Gasteiger partial charge is 0.312 e. The van der Waals surface area contributed by atoms with E-state index in [-0.39, 0.29) is 24.4 Å². The molecule has 1 aromatic carbocycles. The number of thiazole rings is 1. The molecule has 1 amide bonds. The molecule has 0 saturated carbocycles. The van der Waals surface area contributed by atoms with Crippen LogP contribution >= 0.6 is 27.3 Å². The van der Waals surface area contributed by atoms with Crippen molar-refractivity contribution in [2.45, 2.75) is 51.0 Å². The first-order chi connectivity index (χ1) is 13.1. The normalized spacial score (nSPS) is 19.7. The maximum atomic E-state index is 12.5. The molecule has 27 heavy (non-hydrogen) atoms. The van der Waals surface area contributed by atoms with Crippen molar-refractivity contribution in [2.75, 3.05) is 11.4 Å². The zero-order valence-electron chi connectivity index (χ0n) is 14.9. The lowest BCUT2D eigenvalue weighted by molar-refractivity contribution is -0.149. The Bertz CT molecular complexity index is 867. The molecule has 2 aromatic rings. The Hall–Kier alpha value is -1.73. The number of esters is 1. The third-order valence-electron chi connectivity index (χ3n) is 5.09. The van der Waals surface area contributed by atoms with Crippen LogP contribution in [0.25, 0.3) is 0 Å².